The van der Waals surface area contributed by atoms with Crippen LogP contribution in [0.3, 0.4) is 0 Å². The van der Waals surface area contributed by atoms with Crippen LogP contribution in [0.4, 0.5) is 28.4 Å². The predicted octanol–water partition coefficient (Wildman–Crippen LogP) is 18.9. The Bertz CT molecular complexity index is 5950. The summed E-state index contributed by atoms with van der Waals surface area (Å²) in [5, 5.41) is 43.8. The summed E-state index contributed by atoms with van der Waals surface area (Å²) in [6, 6.07) is 52.0. The van der Waals surface area contributed by atoms with Gasteiger partial charge in [-0.25, -0.2) is 29.9 Å². The van der Waals surface area contributed by atoms with Crippen molar-refractivity contribution in [2.24, 2.45) is 35.5 Å². The maximum atomic E-state index is 15.1. The van der Waals surface area contributed by atoms with Crippen LogP contribution in [0.5, 0.6) is 34.5 Å². The number of fused-ring (bicyclic) bond motifs is 9. The van der Waals surface area contributed by atoms with Gasteiger partial charge in [0.1, 0.15) is 102 Å². The van der Waals surface area contributed by atoms with E-state index in [1.165, 1.54) is 12.1 Å². The van der Waals surface area contributed by atoms with Crippen molar-refractivity contribution < 1.29 is 72.5 Å². The number of pyridine rings is 6. The third-order valence-corrected chi connectivity index (χ3v) is 18.4. The molecule has 9 N–H and O–H groups in total. The van der Waals surface area contributed by atoms with Crippen LogP contribution in [-0.4, -0.2) is 140 Å². The molecule has 0 spiro atoms. The molecule has 0 aliphatic rings. The molecule has 6 aromatic heterocycles. The molecule has 0 unspecified atom stereocenters. The first kappa shape index (κ1) is 93.8. The number of hydrogen-bond acceptors (Lipinski definition) is 21. The molecule has 13 aromatic rings. The molecule has 13 rings (SSSR count). The maximum Gasteiger partial charge on any atom is 0.274 e. The molecule has 0 aliphatic heterocycles. The van der Waals surface area contributed by atoms with Gasteiger partial charge in [-0.15, -0.1) is 0 Å². The van der Waals surface area contributed by atoms with Gasteiger partial charge in [0.25, 0.3) is 35.4 Å². The number of anilines is 5. The Morgan fingerprint density at radius 1 is 0.272 bits per heavy atom. The Balaban J connectivity index is 0.00000174. The van der Waals surface area contributed by atoms with Gasteiger partial charge in [0.05, 0.1) is 68.4 Å². The van der Waals surface area contributed by atoms with E-state index >= 15 is 9.59 Å². The molecule has 27 nitrogen and oxygen atoms in total. The lowest BCUT2D eigenvalue weighted by Gasteiger charge is -2.18. The summed E-state index contributed by atoms with van der Waals surface area (Å²) in [6.07, 6.45) is 0. The number of aromatic nitrogens is 6. The number of carbonyl (C=O) groups is 6. The number of rotatable bonds is 31. The summed E-state index contributed by atoms with van der Waals surface area (Å²) < 4.78 is 38.6. The van der Waals surface area contributed by atoms with Gasteiger partial charge < -0.3 is 75.6 Å². The van der Waals surface area contributed by atoms with E-state index in [2.05, 4.69) is 31.9 Å². The molecule has 0 bridgehead atoms. The van der Waals surface area contributed by atoms with Crippen LogP contribution in [0.1, 0.15) is 185 Å². The van der Waals surface area contributed by atoms with Crippen LogP contribution in [-0.2, 0) is 0 Å². The Kier molecular flexibility index (Phi) is 33.4. The lowest BCUT2D eigenvalue weighted by molar-refractivity contribution is 0.0932. The number of nitrogens with one attached hydrogen (secondary N) is 6. The van der Waals surface area contributed by atoms with Crippen LogP contribution in [0.2, 0.25) is 0 Å². The molecule has 7 aromatic carbocycles. The van der Waals surface area contributed by atoms with Crippen molar-refractivity contribution in [2.75, 3.05) is 86.0 Å². The normalized spacial score (nSPS) is 11.4. The molecule has 0 radical (unpaired) electrons. The van der Waals surface area contributed by atoms with Crippen molar-refractivity contribution in [3.63, 3.8) is 0 Å². The first-order valence-corrected chi connectivity index (χ1v) is 42.1. The Morgan fingerprint density at radius 2 is 0.464 bits per heavy atom. The van der Waals surface area contributed by atoms with Crippen LogP contribution in [0.15, 0.2) is 182 Å². The van der Waals surface area contributed by atoms with Gasteiger partial charge in [-0.1, -0.05) is 156 Å². The van der Waals surface area contributed by atoms with E-state index in [4.69, 9.17) is 73.6 Å². The second-order valence-corrected chi connectivity index (χ2v) is 32.1. The molecule has 0 saturated carbocycles. The summed E-state index contributed by atoms with van der Waals surface area (Å²) in [5.41, 5.74) is 3.70. The number of para-hydroxylation sites is 5. The van der Waals surface area contributed by atoms with Crippen molar-refractivity contribution in [1.82, 2.24) is 35.2 Å². The van der Waals surface area contributed by atoms with Crippen LogP contribution in [0.25, 0.3) is 65.4 Å². The van der Waals surface area contributed by atoms with E-state index in [1.807, 2.05) is 175 Å². The summed E-state index contributed by atoms with van der Waals surface area (Å²) in [7, 11) is 0. The SMILES string of the molecule is CC(C)COc1cc(C(=O)Nc2ccccc2)nc2c1ccc1c(OCC(C)C)cc(C(=O)Nc3ccccc3NC(=O)c3cc(OCC(C)C)c4ccc5c(OCC(C)C)cc(C(=O)Nc6ccccc6NC(=O)c6cc(OCC(C)C)c7ccc8c(OCC(C)C)cc(C(=O)N[C@H](C)c9ccccc9)nc8c7n6)nc5c4n3)nc12.CCO.CCO.CCO. The highest BCUT2D eigenvalue weighted by molar-refractivity contribution is 6.18. The summed E-state index contributed by atoms with van der Waals surface area (Å²) >= 11 is 0. The fraction of sp³-hybridized carbons (Fsp3) is 0.327. The number of benzene rings is 7. The van der Waals surface area contributed by atoms with E-state index in [-0.39, 0.29) is 154 Å². The fourth-order valence-electron chi connectivity index (χ4n) is 12.7. The molecule has 6 amide bonds. The number of aliphatic hydroxyl groups excluding tert-OH is 3. The minimum atomic E-state index is -0.691. The van der Waals surface area contributed by atoms with Crippen LogP contribution < -0.4 is 60.3 Å². The third-order valence-electron chi connectivity index (χ3n) is 18.4. The van der Waals surface area contributed by atoms with Gasteiger partial charge >= 0.3 is 0 Å². The summed E-state index contributed by atoms with van der Waals surface area (Å²) in [4.78, 5) is 118. The molecule has 1 atom stereocenters. The molecular weight excluding hydrogens is 1590 g/mol. The van der Waals surface area contributed by atoms with Crippen molar-refractivity contribution >= 4 is 129 Å². The smallest absolute Gasteiger partial charge is 0.274 e. The van der Waals surface area contributed by atoms with Crippen molar-refractivity contribution in [2.45, 2.75) is 117 Å². The van der Waals surface area contributed by atoms with Crippen molar-refractivity contribution in [3.05, 3.63) is 222 Å². The Hall–Kier alpha value is -13.5. The van der Waals surface area contributed by atoms with Gasteiger partial charge in [0, 0.05) is 94.2 Å². The van der Waals surface area contributed by atoms with Gasteiger partial charge in [0.2, 0.25) is 0 Å². The van der Waals surface area contributed by atoms with E-state index in [9.17, 15) is 19.2 Å². The van der Waals surface area contributed by atoms with Gasteiger partial charge in [-0.2, -0.15) is 0 Å². The number of amides is 6. The number of nitrogens with zero attached hydrogens (tertiary/aromatic N) is 6. The molecule has 0 aliphatic carbocycles. The van der Waals surface area contributed by atoms with E-state index in [0.717, 1.165) is 5.56 Å². The second kappa shape index (κ2) is 44.5. The highest BCUT2D eigenvalue weighted by Gasteiger charge is 2.28. The zero-order valence-corrected chi connectivity index (χ0v) is 73.6. The predicted molar refractivity (Wildman–Crippen MR) is 493 cm³/mol. The number of carbonyl (C=O) groups excluding carboxylic acids is 6. The molecule has 0 saturated heterocycles. The van der Waals surface area contributed by atoms with Crippen LogP contribution in [0, 0.1) is 35.5 Å². The number of hydrogen-bond donors (Lipinski definition) is 9. The summed E-state index contributed by atoms with van der Waals surface area (Å²) in [6.45, 7) is 33.6. The number of aliphatic hydroxyl groups is 3. The van der Waals surface area contributed by atoms with Crippen molar-refractivity contribution in [3.8, 4) is 34.5 Å². The Morgan fingerprint density at radius 3 is 0.680 bits per heavy atom. The molecule has 125 heavy (non-hydrogen) atoms. The quantitative estimate of drug-likeness (QED) is 0.0182. The van der Waals surface area contributed by atoms with Gasteiger partial charge in [0.15, 0.2) is 0 Å². The monoisotopic (exact) mass is 1700 g/mol. The van der Waals surface area contributed by atoms with Gasteiger partial charge in [-0.05, 0) is 142 Å². The van der Waals surface area contributed by atoms with E-state index in [0.29, 0.717) is 110 Å². The van der Waals surface area contributed by atoms with Crippen LogP contribution >= 0.6 is 0 Å². The Labute approximate surface area is 727 Å². The lowest BCUT2D eigenvalue weighted by atomic mass is 10.1. The second-order valence-electron chi connectivity index (χ2n) is 32.1. The highest BCUT2D eigenvalue weighted by Crippen LogP contribution is 2.41. The van der Waals surface area contributed by atoms with E-state index in [1.54, 1.807) is 106 Å². The zero-order chi connectivity index (χ0) is 90.1. The van der Waals surface area contributed by atoms with Gasteiger partial charge in [-0.3, -0.25) is 28.8 Å². The average Bonchev–Trinajstić information content (AvgIpc) is 0.759. The zero-order valence-electron chi connectivity index (χ0n) is 73.6. The third kappa shape index (κ3) is 24.7. The molecule has 0 fully saturated rings. The minimum Gasteiger partial charge on any atom is -0.493 e. The molecule has 654 valence electrons. The maximum absolute atomic E-state index is 15.1. The summed E-state index contributed by atoms with van der Waals surface area (Å²) in [5.74, 6) is -0.921. The highest BCUT2D eigenvalue weighted by atomic mass is 16.5. The standard InChI is InChI=1S/C92H94N12O12.3C2H6O/c1-50(2)44-111-75-38-69(87(105)93-56(13)57-24-16-14-17-25-57)95-81-59(75)32-34-61-77(113-46-52(5)6)40-71(97-83(61)81)89(107)101-65-28-20-22-30-67(65)103-91(109)73-42-79(115-48-54(9)10)63-36-37-64-80(116-49-55(11)12)43-74(100-86(64)85(63)99-73)92(110)104-68-31-23-21-29-66(68)102-90(108)72-41-78(114-47-53(7)8)62-35-33-60-76(112-45-51(3)4)39-70(96-82(60)84(62)98-72)88(106)94-58-26-18-15-19-27-58;3*1-2-3/h14-43,50-56H,44-49H2,1-13H3,(H,93,105)(H,94,106)(H,101,107)(H,102,108)(H,103,109)(H,104,110);3*3H,2H2,1H3/t56-;;;/m1.../s1. The number of ether oxygens (including phenoxy) is 6. The fourth-order valence-corrected chi connectivity index (χ4v) is 12.7. The first-order valence-electron chi connectivity index (χ1n) is 42.1. The molecule has 27 heteroatoms. The average molecular weight is 1700 g/mol. The topological polar surface area (TPSA) is 368 Å². The molecular formula is C98H112N12O15. The first-order chi connectivity index (χ1) is 60.0. The minimum absolute atomic E-state index is 0.0499. The molecule has 6 heterocycles. The lowest BCUT2D eigenvalue weighted by Crippen LogP contribution is -2.27. The van der Waals surface area contributed by atoms with E-state index < -0.39 is 35.4 Å². The largest absolute Gasteiger partial charge is 0.493 e. The van der Waals surface area contributed by atoms with Crippen molar-refractivity contribution in [1.29, 1.82) is 0 Å².